The molecule has 9 heteroatoms. The number of nitrogens with zero attached hydrogens (tertiary/aromatic N) is 2. The highest BCUT2D eigenvalue weighted by molar-refractivity contribution is 5.94. The monoisotopic (exact) mass is 398 g/mol. The number of amides is 1. The van der Waals surface area contributed by atoms with Gasteiger partial charge in [-0.3, -0.25) is 14.2 Å². The number of H-pyrrole nitrogens is 1. The number of carbonyl (C=O) groups excluding carboxylic acids is 1. The number of aromatic hydroxyl groups is 2. The smallest absolute Gasteiger partial charge is 0.296 e. The summed E-state index contributed by atoms with van der Waals surface area (Å²) >= 11 is 0. The minimum Gasteiger partial charge on any atom is -0.508 e. The van der Waals surface area contributed by atoms with Gasteiger partial charge in [-0.15, -0.1) is 0 Å². The van der Waals surface area contributed by atoms with Crippen LogP contribution in [0.5, 0.6) is 11.5 Å². The van der Waals surface area contributed by atoms with Crippen molar-refractivity contribution in [2.75, 3.05) is 13.2 Å². The number of aromatic amines is 1. The maximum atomic E-state index is 12.6. The van der Waals surface area contributed by atoms with E-state index in [1.165, 1.54) is 4.57 Å². The van der Waals surface area contributed by atoms with E-state index in [4.69, 9.17) is 4.74 Å². The van der Waals surface area contributed by atoms with Gasteiger partial charge in [0.05, 0.1) is 13.2 Å². The molecule has 0 atom stereocenters. The van der Waals surface area contributed by atoms with Crippen molar-refractivity contribution >= 4 is 16.8 Å². The van der Waals surface area contributed by atoms with Crippen LogP contribution in [0.25, 0.3) is 10.9 Å². The molecule has 1 aromatic carbocycles. The number of fused-ring (bicyclic) bond motifs is 2. The van der Waals surface area contributed by atoms with Gasteiger partial charge < -0.3 is 25.3 Å². The zero-order valence-electron chi connectivity index (χ0n) is 16.2. The third-order valence-electron chi connectivity index (χ3n) is 5.11. The van der Waals surface area contributed by atoms with Crippen LogP contribution in [-0.4, -0.2) is 43.8 Å². The number of phenols is 1. The minimum atomic E-state index is -0.841. The van der Waals surface area contributed by atoms with Crippen LogP contribution >= 0.6 is 0 Å². The molecule has 0 radical (unpaired) electrons. The number of benzene rings is 1. The first-order valence-corrected chi connectivity index (χ1v) is 9.33. The van der Waals surface area contributed by atoms with Gasteiger partial charge in [-0.1, -0.05) is 0 Å². The van der Waals surface area contributed by atoms with Crippen LogP contribution in [0.3, 0.4) is 0 Å². The molecule has 0 fully saturated rings. The Hall–Kier alpha value is -3.33. The fourth-order valence-electron chi connectivity index (χ4n) is 3.59. The molecule has 9 nitrogen and oxygen atoms in total. The molecule has 0 bridgehead atoms. The standard InChI is InChI=1S/C20H22N4O5/c1-20(2)19-23-15(16(26)18(28)24(19)7-8-29-20)17(27)21-6-5-11-10-22-14-4-3-12(25)9-13(11)14/h3-4,9-10,22,25-26H,5-8H2,1-2H3,(H,21,27). The molecule has 4 rings (SSSR count). The second-order valence-electron chi connectivity index (χ2n) is 7.50. The summed E-state index contributed by atoms with van der Waals surface area (Å²) in [5.74, 6) is -0.826. The second kappa shape index (κ2) is 6.93. The van der Waals surface area contributed by atoms with Crippen LogP contribution in [-0.2, 0) is 23.3 Å². The van der Waals surface area contributed by atoms with Crippen LogP contribution in [0.2, 0.25) is 0 Å². The third kappa shape index (κ3) is 3.33. The number of ether oxygens (including phenoxy) is 1. The SMILES string of the molecule is CC1(C)OCCn2c1nc(C(=O)NCCc1c[nH]c3ccc(O)cc13)c(O)c2=O. The van der Waals surface area contributed by atoms with Crippen molar-refractivity contribution in [2.24, 2.45) is 0 Å². The van der Waals surface area contributed by atoms with Gasteiger partial charge in [0.25, 0.3) is 11.5 Å². The van der Waals surface area contributed by atoms with Crippen LogP contribution in [0.1, 0.15) is 35.7 Å². The first kappa shape index (κ1) is 19.0. The van der Waals surface area contributed by atoms with Crippen LogP contribution in [0.4, 0.5) is 0 Å². The summed E-state index contributed by atoms with van der Waals surface area (Å²) in [6, 6.07) is 5.03. The van der Waals surface area contributed by atoms with E-state index in [0.29, 0.717) is 18.9 Å². The van der Waals surface area contributed by atoms with Crippen LogP contribution < -0.4 is 10.9 Å². The average Bonchev–Trinajstić information content (AvgIpc) is 3.06. The Morgan fingerprint density at radius 3 is 2.97 bits per heavy atom. The summed E-state index contributed by atoms with van der Waals surface area (Å²) in [6.07, 6.45) is 2.31. The van der Waals surface area contributed by atoms with Crippen LogP contribution in [0.15, 0.2) is 29.2 Å². The van der Waals surface area contributed by atoms with E-state index in [2.05, 4.69) is 15.3 Å². The van der Waals surface area contributed by atoms with Crippen molar-refractivity contribution in [1.82, 2.24) is 19.9 Å². The lowest BCUT2D eigenvalue weighted by atomic mass is 10.1. The summed E-state index contributed by atoms with van der Waals surface area (Å²) in [5, 5.41) is 23.4. The summed E-state index contributed by atoms with van der Waals surface area (Å²) < 4.78 is 6.98. The normalized spacial score (nSPS) is 15.2. The molecule has 2 aromatic heterocycles. The van der Waals surface area contributed by atoms with E-state index >= 15 is 0 Å². The number of carbonyl (C=O) groups is 1. The Kier molecular flexibility index (Phi) is 4.54. The van der Waals surface area contributed by atoms with Crippen molar-refractivity contribution in [3.63, 3.8) is 0 Å². The molecule has 0 spiro atoms. The molecule has 1 aliphatic heterocycles. The largest absolute Gasteiger partial charge is 0.508 e. The Bertz CT molecular complexity index is 1160. The number of nitrogens with one attached hydrogen (secondary N) is 2. The molecule has 0 saturated carbocycles. The van der Waals surface area contributed by atoms with Crippen molar-refractivity contribution in [1.29, 1.82) is 0 Å². The molecule has 0 saturated heterocycles. The van der Waals surface area contributed by atoms with Gasteiger partial charge >= 0.3 is 0 Å². The Labute approximate surface area is 166 Å². The number of aromatic nitrogens is 3. The number of hydrogen-bond donors (Lipinski definition) is 4. The third-order valence-corrected chi connectivity index (χ3v) is 5.11. The topological polar surface area (TPSA) is 129 Å². The summed E-state index contributed by atoms with van der Waals surface area (Å²) in [5.41, 5.74) is 0.00782. The van der Waals surface area contributed by atoms with E-state index < -0.39 is 22.8 Å². The molecule has 3 aromatic rings. The molecular weight excluding hydrogens is 376 g/mol. The molecule has 3 heterocycles. The predicted octanol–water partition coefficient (Wildman–Crippen LogP) is 1.37. The summed E-state index contributed by atoms with van der Waals surface area (Å²) in [6.45, 7) is 4.38. The fraction of sp³-hybridized carbons (Fsp3) is 0.350. The van der Waals surface area contributed by atoms with E-state index in [9.17, 15) is 19.8 Å². The van der Waals surface area contributed by atoms with Gasteiger partial charge in [-0.25, -0.2) is 4.98 Å². The predicted molar refractivity (Wildman–Crippen MR) is 105 cm³/mol. The van der Waals surface area contributed by atoms with Gasteiger partial charge in [0, 0.05) is 23.6 Å². The van der Waals surface area contributed by atoms with Crippen molar-refractivity contribution < 1.29 is 19.7 Å². The number of hydrogen-bond acceptors (Lipinski definition) is 6. The second-order valence-corrected chi connectivity index (χ2v) is 7.50. The van der Waals surface area contributed by atoms with Gasteiger partial charge in [0.2, 0.25) is 5.75 Å². The summed E-state index contributed by atoms with van der Waals surface area (Å²) in [7, 11) is 0. The quantitative estimate of drug-likeness (QED) is 0.525. The van der Waals surface area contributed by atoms with Crippen molar-refractivity contribution in [3.05, 3.63) is 51.8 Å². The van der Waals surface area contributed by atoms with Gasteiger partial charge in [-0.2, -0.15) is 0 Å². The average molecular weight is 398 g/mol. The Balaban J connectivity index is 1.54. The first-order valence-electron chi connectivity index (χ1n) is 9.33. The molecule has 0 aliphatic carbocycles. The highest BCUT2D eigenvalue weighted by atomic mass is 16.5. The van der Waals surface area contributed by atoms with E-state index in [1.807, 2.05) is 6.20 Å². The van der Waals surface area contributed by atoms with Gasteiger partial charge in [0.1, 0.15) is 17.2 Å². The lowest BCUT2D eigenvalue weighted by Gasteiger charge is -2.32. The molecule has 0 unspecified atom stereocenters. The van der Waals surface area contributed by atoms with E-state index in [-0.39, 0.29) is 24.5 Å². The molecule has 152 valence electrons. The summed E-state index contributed by atoms with van der Waals surface area (Å²) in [4.78, 5) is 32.4. The Morgan fingerprint density at radius 1 is 1.38 bits per heavy atom. The minimum absolute atomic E-state index is 0.163. The maximum absolute atomic E-state index is 12.6. The van der Waals surface area contributed by atoms with E-state index in [1.54, 1.807) is 32.0 Å². The number of phenolic OH excluding ortho intramolecular Hbond substituents is 1. The highest BCUT2D eigenvalue weighted by Crippen LogP contribution is 2.27. The zero-order chi connectivity index (χ0) is 20.8. The van der Waals surface area contributed by atoms with Crippen molar-refractivity contribution in [2.45, 2.75) is 32.4 Å². The molecular formula is C20H22N4O5. The Morgan fingerprint density at radius 2 is 2.17 bits per heavy atom. The molecule has 29 heavy (non-hydrogen) atoms. The lowest BCUT2D eigenvalue weighted by Crippen LogP contribution is -2.42. The van der Waals surface area contributed by atoms with Gasteiger partial charge in [-0.05, 0) is 44.0 Å². The number of rotatable bonds is 4. The highest BCUT2D eigenvalue weighted by Gasteiger charge is 2.34. The fourth-order valence-corrected chi connectivity index (χ4v) is 3.59. The zero-order valence-corrected chi connectivity index (χ0v) is 16.2. The molecule has 4 N–H and O–H groups in total. The van der Waals surface area contributed by atoms with Crippen LogP contribution in [0, 0.1) is 0 Å². The first-order chi connectivity index (χ1) is 13.8. The van der Waals surface area contributed by atoms with Crippen molar-refractivity contribution in [3.8, 4) is 11.5 Å². The molecule has 1 aliphatic rings. The molecule has 1 amide bonds. The van der Waals surface area contributed by atoms with E-state index in [0.717, 1.165) is 16.5 Å². The lowest BCUT2D eigenvalue weighted by molar-refractivity contribution is -0.0566. The maximum Gasteiger partial charge on any atom is 0.296 e. The van der Waals surface area contributed by atoms with Gasteiger partial charge in [0.15, 0.2) is 5.69 Å².